The van der Waals surface area contributed by atoms with Gasteiger partial charge in [0.2, 0.25) is 11.8 Å². The summed E-state index contributed by atoms with van der Waals surface area (Å²) in [5, 5.41) is 6.92. The van der Waals surface area contributed by atoms with Crippen molar-refractivity contribution in [3.8, 4) is 5.88 Å². The van der Waals surface area contributed by atoms with Crippen molar-refractivity contribution < 1.29 is 14.1 Å². The van der Waals surface area contributed by atoms with Gasteiger partial charge in [-0.3, -0.25) is 4.79 Å². The molecule has 0 radical (unpaired) electrons. The Morgan fingerprint density at radius 1 is 1.27 bits per heavy atom. The maximum absolute atomic E-state index is 13.0. The van der Waals surface area contributed by atoms with E-state index in [-0.39, 0.29) is 5.91 Å². The third kappa shape index (κ3) is 3.71. The highest BCUT2D eigenvalue weighted by Crippen LogP contribution is 2.42. The molecule has 0 aromatic carbocycles. The van der Waals surface area contributed by atoms with Gasteiger partial charge in [-0.05, 0) is 56.9 Å². The molecule has 0 atom stereocenters. The number of hydrogen-bond donors (Lipinski definition) is 1. The van der Waals surface area contributed by atoms with Crippen LogP contribution in [0.1, 0.15) is 73.2 Å². The highest BCUT2D eigenvalue weighted by molar-refractivity contribution is 5.94. The second kappa shape index (κ2) is 6.37. The molecule has 0 aliphatic heterocycles. The van der Waals surface area contributed by atoms with Gasteiger partial charge >= 0.3 is 0 Å². The fraction of sp³-hybridized carbons (Fsp3) is 0.579. The molecule has 0 spiro atoms. The molecule has 1 N–H and O–H groups in total. The van der Waals surface area contributed by atoms with Crippen molar-refractivity contribution in [2.24, 2.45) is 5.92 Å². The third-order valence-corrected chi connectivity index (χ3v) is 4.81. The Hall–Kier alpha value is -2.44. The highest BCUT2D eigenvalue weighted by atomic mass is 16.5. The van der Waals surface area contributed by atoms with Gasteiger partial charge in [0.1, 0.15) is 5.69 Å². The van der Waals surface area contributed by atoms with Crippen LogP contribution in [0, 0.1) is 12.8 Å². The van der Waals surface area contributed by atoms with Crippen LogP contribution in [0.25, 0.3) is 0 Å². The van der Waals surface area contributed by atoms with Crippen LogP contribution in [0.5, 0.6) is 5.88 Å². The number of carbonyl (C=O) groups excluding carboxylic acids is 1. The number of pyridine rings is 1. The Morgan fingerprint density at radius 2 is 2.04 bits per heavy atom. The van der Waals surface area contributed by atoms with Gasteiger partial charge in [0.05, 0.1) is 12.1 Å². The highest BCUT2D eigenvalue weighted by Gasteiger charge is 2.33. The first kappa shape index (κ1) is 17.0. The Kier molecular flexibility index (Phi) is 4.17. The van der Waals surface area contributed by atoms with Crippen LogP contribution >= 0.6 is 0 Å². The van der Waals surface area contributed by atoms with Gasteiger partial charge < -0.3 is 14.6 Å². The Bertz CT molecular complexity index is 822. The lowest BCUT2D eigenvalue weighted by atomic mass is 10.0. The first-order valence-corrected chi connectivity index (χ1v) is 9.19. The molecule has 0 saturated heterocycles. The van der Waals surface area contributed by atoms with Crippen molar-refractivity contribution in [2.45, 2.75) is 57.9 Å². The second-order valence-electron chi connectivity index (χ2n) is 7.83. The van der Waals surface area contributed by atoms with Crippen molar-refractivity contribution in [1.82, 2.24) is 20.4 Å². The van der Waals surface area contributed by atoms with Gasteiger partial charge in [0.25, 0.3) is 5.91 Å². The number of nitrogens with zero attached hydrogens (tertiary/aromatic N) is 3. The number of hydrogen-bond acceptors (Lipinski definition) is 6. The quantitative estimate of drug-likeness (QED) is 0.820. The Labute approximate surface area is 152 Å². The SMILES string of the molecule is Cc1nc(C(C)(C)NC(=O)c2nc(OCC3CC3)ccc2C2CC2)no1. The van der Waals surface area contributed by atoms with Crippen molar-refractivity contribution in [1.29, 1.82) is 0 Å². The summed E-state index contributed by atoms with van der Waals surface area (Å²) < 4.78 is 10.8. The van der Waals surface area contributed by atoms with Gasteiger partial charge in [-0.2, -0.15) is 4.98 Å². The fourth-order valence-electron chi connectivity index (χ4n) is 2.88. The molecule has 2 aliphatic rings. The Morgan fingerprint density at radius 3 is 2.65 bits per heavy atom. The lowest BCUT2D eigenvalue weighted by Crippen LogP contribution is -2.42. The number of ether oxygens (including phenoxy) is 1. The predicted octanol–water partition coefficient (Wildman–Crippen LogP) is 3.10. The van der Waals surface area contributed by atoms with E-state index in [9.17, 15) is 4.79 Å². The maximum atomic E-state index is 13.0. The monoisotopic (exact) mass is 356 g/mol. The number of aryl methyl sites for hydroxylation is 1. The molecule has 138 valence electrons. The average molecular weight is 356 g/mol. The van der Waals surface area contributed by atoms with E-state index >= 15 is 0 Å². The molecule has 0 unspecified atom stereocenters. The van der Waals surface area contributed by atoms with E-state index in [1.807, 2.05) is 26.0 Å². The Balaban J connectivity index is 1.55. The summed E-state index contributed by atoms with van der Waals surface area (Å²) in [5.41, 5.74) is 0.665. The third-order valence-electron chi connectivity index (χ3n) is 4.81. The molecule has 2 heterocycles. The van der Waals surface area contributed by atoms with Gasteiger partial charge in [0.15, 0.2) is 5.82 Å². The number of rotatable bonds is 7. The van der Waals surface area contributed by atoms with E-state index in [1.165, 1.54) is 12.8 Å². The molecule has 26 heavy (non-hydrogen) atoms. The van der Waals surface area contributed by atoms with E-state index < -0.39 is 5.54 Å². The van der Waals surface area contributed by atoms with E-state index in [1.54, 1.807) is 6.92 Å². The normalized spacial score (nSPS) is 17.2. The van der Waals surface area contributed by atoms with Crippen LogP contribution in [-0.2, 0) is 5.54 Å². The van der Waals surface area contributed by atoms with E-state index in [0.29, 0.717) is 41.7 Å². The minimum atomic E-state index is -0.762. The number of nitrogens with one attached hydrogen (secondary N) is 1. The van der Waals surface area contributed by atoms with Crippen LogP contribution in [0.2, 0.25) is 0 Å². The molecular weight excluding hydrogens is 332 g/mol. The van der Waals surface area contributed by atoms with Gasteiger partial charge in [-0.1, -0.05) is 11.2 Å². The molecule has 4 rings (SSSR count). The molecule has 2 aliphatic carbocycles. The molecule has 1 amide bonds. The minimum Gasteiger partial charge on any atom is -0.477 e. The fourth-order valence-corrected chi connectivity index (χ4v) is 2.88. The van der Waals surface area contributed by atoms with Crippen molar-refractivity contribution in [2.75, 3.05) is 6.61 Å². The summed E-state index contributed by atoms with van der Waals surface area (Å²) in [4.78, 5) is 21.7. The van der Waals surface area contributed by atoms with Gasteiger partial charge in [-0.15, -0.1) is 0 Å². The van der Waals surface area contributed by atoms with Gasteiger partial charge in [-0.25, -0.2) is 4.98 Å². The lowest BCUT2D eigenvalue weighted by Gasteiger charge is -2.23. The summed E-state index contributed by atoms with van der Waals surface area (Å²) in [6.45, 7) is 6.09. The molecule has 2 aromatic heterocycles. The molecule has 0 bridgehead atoms. The van der Waals surface area contributed by atoms with Gasteiger partial charge in [0, 0.05) is 13.0 Å². The second-order valence-corrected chi connectivity index (χ2v) is 7.83. The average Bonchev–Trinajstić information content (AvgIpc) is 3.51. The molecule has 7 heteroatoms. The topological polar surface area (TPSA) is 90.1 Å². The molecule has 2 aromatic rings. The van der Waals surface area contributed by atoms with E-state index in [4.69, 9.17) is 9.26 Å². The zero-order valence-electron chi connectivity index (χ0n) is 15.4. The summed E-state index contributed by atoms with van der Waals surface area (Å²) in [5.74, 6) is 2.23. The summed E-state index contributed by atoms with van der Waals surface area (Å²) in [6, 6.07) is 3.85. The summed E-state index contributed by atoms with van der Waals surface area (Å²) >= 11 is 0. The van der Waals surface area contributed by atoms with Crippen LogP contribution in [0.15, 0.2) is 16.7 Å². The zero-order valence-corrected chi connectivity index (χ0v) is 15.4. The predicted molar refractivity (Wildman–Crippen MR) is 94.0 cm³/mol. The van der Waals surface area contributed by atoms with E-state index in [2.05, 4.69) is 20.4 Å². The summed E-state index contributed by atoms with van der Waals surface area (Å²) in [6.07, 6.45) is 4.62. The standard InChI is InChI=1S/C19H24N4O3/c1-11-20-18(23-26-11)19(2,3)22-17(24)16-14(13-6-7-13)8-9-15(21-16)25-10-12-4-5-12/h8-9,12-13H,4-7,10H2,1-3H3,(H,22,24). The van der Waals surface area contributed by atoms with Crippen LogP contribution in [0.4, 0.5) is 0 Å². The first-order chi connectivity index (χ1) is 12.4. The van der Waals surface area contributed by atoms with E-state index in [0.717, 1.165) is 18.4 Å². The summed E-state index contributed by atoms with van der Waals surface area (Å²) in [7, 11) is 0. The van der Waals surface area contributed by atoms with Crippen molar-refractivity contribution in [3.63, 3.8) is 0 Å². The first-order valence-electron chi connectivity index (χ1n) is 9.19. The molecule has 2 fully saturated rings. The number of amides is 1. The van der Waals surface area contributed by atoms with Crippen LogP contribution in [0.3, 0.4) is 0 Å². The van der Waals surface area contributed by atoms with Crippen LogP contribution < -0.4 is 10.1 Å². The molecule has 2 saturated carbocycles. The maximum Gasteiger partial charge on any atom is 0.271 e. The number of aromatic nitrogens is 3. The molecular formula is C19H24N4O3. The largest absolute Gasteiger partial charge is 0.477 e. The molecule has 7 nitrogen and oxygen atoms in total. The van der Waals surface area contributed by atoms with Crippen molar-refractivity contribution >= 4 is 5.91 Å². The lowest BCUT2D eigenvalue weighted by molar-refractivity contribution is 0.0899. The smallest absolute Gasteiger partial charge is 0.271 e. The number of carbonyl (C=O) groups is 1. The van der Waals surface area contributed by atoms with Crippen LogP contribution in [-0.4, -0.2) is 27.6 Å². The zero-order chi connectivity index (χ0) is 18.3. The minimum absolute atomic E-state index is 0.240. The van der Waals surface area contributed by atoms with Crippen molar-refractivity contribution in [3.05, 3.63) is 35.1 Å².